The highest BCUT2D eigenvalue weighted by atomic mass is 19.1. The molecule has 1 aromatic rings. The van der Waals surface area contributed by atoms with Crippen LogP contribution in [0.1, 0.15) is 17.9 Å². The van der Waals surface area contributed by atoms with E-state index in [1.807, 2.05) is 6.07 Å². The van der Waals surface area contributed by atoms with Gasteiger partial charge in [-0.15, -0.1) is 0 Å². The van der Waals surface area contributed by atoms with Crippen molar-refractivity contribution in [2.45, 2.75) is 12.3 Å². The molecule has 0 spiro atoms. The number of benzene rings is 1. The van der Waals surface area contributed by atoms with E-state index >= 15 is 0 Å². The third-order valence-electron chi connectivity index (χ3n) is 2.92. The van der Waals surface area contributed by atoms with Gasteiger partial charge in [0.15, 0.2) is 0 Å². The van der Waals surface area contributed by atoms with E-state index in [1.165, 1.54) is 6.07 Å². The molecule has 2 nitrogen and oxygen atoms in total. The predicted octanol–water partition coefficient (Wildman–Crippen LogP) is 2.29. The highest BCUT2D eigenvalue weighted by molar-refractivity contribution is 5.57. The van der Waals surface area contributed by atoms with E-state index in [1.54, 1.807) is 6.07 Å². The Hall–Kier alpha value is -1.09. The van der Waals surface area contributed by atoms with Gasteiger partial charge in [0.05, 0.1) is 0 Å². The van der Waals surface area contributed by atoms with Crippen molar-refractivity contribution in [3.63, 3.8) is 0 Å². The van der Waals surface area contributed by atoms with Crippen LogP contribution < -0.4 is 5.32 Å². The van der Waals surface area contributed by atoms with Gasteiger partial charge in [-0.05, 0) is 50.8 Å². The molecule has 0 saturated heterocycles. The summed E-state index contributed by atoms with van der Waals surface area (Å²) in [5, 5.41) is 3.32. The van der Waals surface area contributed by atoms with Crippen LogP contribution in [-0.2, 0) is 0 Å². The van der Waals surface area contributed by atoms with Crippen molar-refractivity contribution in [2.24, 2.45) is 0 Å². The first-order valence-corrected chi connectivity index (χ1v) is 5.35. The smallest absolute Gasteiger partial charge is 0.123 e. The second-order valence-corrected chi connectivity index (χ2v) is 4.40. The summed E-state index contributed by atoms with van der Waals surface area (Å²) in [5.74, 6) is 0.324. The molecular formula is C12H17FN2. The van der Waals surface area contributed by atoms with E-state index in [0.717, 1.165) is 30.8 Å². The maximum absolute atomic E-state index is 13.1. The van der Waals surface area contributed by atoms with E-state index in [-0.39, 0.29) is 5.82 Å². The number of nitrogens with one attached hydrogen (secondary N) is 1. The summed E-state index contributed by atoms with van der Waals surface area (Å²) in [5.41, 5.74) is 2.23. The van der Waals surface area contributed by atoms with Crippen LogP contribution in [0.2, 0.25) is 0 Å². The maximum Gasteiger partial charge on any atom is 0.123 e. The summed E-state index contributed by atoms with van der Waals surface area (Å²) in [6.45, 7) is 1.98. The van der Waals surface area contributed by atoms with Crippen LogP contribution >= 0.6 is 0 Å². The SMILES string of the molecule is CN(C)CCC1CNc2ccc(F)cc21. The number of nitrogens with zero attached hydrogens (tertiary/aromatic N) is 1. The lowest BCUT2D eigenvalue weighted by molar-refractivity contribution is 0.386. The summed E-state index contributed by atoms with van der Waals surface area (Å²) < 4.78 is 13.1. The van der Waals surface area contributed by atoms with Crippen LogP contribution in [0.15, 0.2) is 18.2 Å². The molecule has 1 aliphatic rings. The van der Waals surface area contributed by atoms with Crippen molar-refractivity contribution in [1.29, 1.82) is 0 Å². The number of halogens is 1. The molecule has 1 atom stereocenters. The Bertz CT molecular complexity index is 349. The van der Waals surface area contributed by atoms with Crippen molar-refractivity contribution >= 4 is 5.69 Å². The molecule has 1 aromatic carbocycles. The van der Waals surface area contributed by atoms with Crippen LogP contribution in [-0.4, -0.2) is 32.1 Å². The van der Waals surface area contributed by atoms with Gasteiger partial charge in [-0.3, -0.25) is 0 Å². The molecule has 82 valence electrons. The topological polar surface area (TPSA) is 15.3 Å². The van der Waals surface area contributed by atoms with Gasteiger partial charge >= 0.3 is 0 Å². The van der Waals surface area contributed by atoms with E-state index in [0.29, 0.717) is 5.92 Å². The average Bonchev–Trinajstić information content (AvgIpc) is 2.57. The lowest BCUT2D eigenvalue weighted by atomic mass is 9.98. The third-order valence-corrected chi connectivity index (χ3v) is 2.92. The molecule has 1 N–H and O–H groups in total. The fraction of sp³-hybridized carbons (Fsp3) is 0.500. The number of anilines is 1. The second kappa shape index (κ2) is 4.19. The van der Waals surface area contributed by atoms with Crippen LogP contribution in [0, 0.1) is 5.82 Å². The fourth-order valence-corrected chi connectivity index (χ4v) is 2.05. The molecule has 0 saturated carbocycles. The quantitative estimate of drug-likeness (QED) is 0.820. The fourth-order valence-electron chi connectivity index (χ4n) is 2.05. The van der Waals surface area contributed by atoms with Gasteiger partial charge in [-0.1, -0.05) is 0 Å². The number of rotatable bonds is 3. The number of hydrogen-bond acceptors (Lipinski definition) is 2. The summed E-state index contributed by atoms with van der Waals surface area (Å²) in [6, 6.07) is 5.01. The molecule has 0 amide bonds. The van der Waals surface area contributed by atoms with Gasteiger partial charge in [0, 0.05) is 18.2 Å². The Morgan fingerprint density at radius 1 is 1.47 bits per heavy atom. The molecule has 0 fully saturated rings. The maximum atomic E-state index is 13.1. The first kappa shape index (κ1) is 10.4. The van der Waals surface area contributed by atoms with Crippen LogP contribution in [0.5, 0.6) is 0 Å². The normalized spacial score (nSPS) is 19.1. The van der Waals surface area contributed by atoms with Crippen molar-refractivity contribution < 1.29 is 4.39 Å². The standard InChI is InChI=1S/C12H17FN2/c1-15(2)6-5-9-8-14-12-4-3-10(13)7-11(9)12/h3-4,7,9,14H,5-6,8H2,1-2H3. The Balaban J connectivity index is 2.10. The zero-order valence-corrected chi connectivity index (χ0v) is 9.26. The summed E-state index contributed by atoms with van der Waals surface area (Å²) in [4.78, 5) is 2.16. The average molecular weight is 208 g/mol. The highest BCUT2D eigenvalue weighted by Crippen LogP contribution is 2.33. The van der Waals surface area contributed by atoms with Crippen LogP contribution in [0.4, 0.5) is 10.1 Å². The van der Waals surface area contributed by atoms with Gasteiger partial charge in [0.2, 0.25) is 0 Å². The molecular weight excluding hydrogens is 191 g/mol. The predicted molar refractivity (Wildman–Crippen MR) is 60.8 cm³/mol. The Kier molecular flexibility index (Phi) is 2.91. The Morgan fingerprint density at radius 3 is 3.00 bits per heavy atom. The molecule has 3 heteroatoms. The van der Waals surface area contributed by atoms with E-state index < -0.39 is 0 Å². The zero-order valence-electron chi connectivity index (χ0n) is 9.26. The first-order valence-electron chi connectivity index (χ1n) is 5.35. The lowest BCUT2D eigenvalue weighted by Crippen LogP contribution is -2.16. The number of hydrogen-bond donors (Lipinski definition) is 1. The zero-order chi connectivity index (χ0) is 10.8. The molecule has 1 unspecified atom stereocenters. The minimum absolute atomic E-state index is 0.132. The first-order chi connectivity index (χ1) is 7.16. The van der Waals surface area contributed by atoms with Crippen molar-refractivity contribution in [2.75, 3.05) is 32.5 Å². The van der Waals surface area contributed by atoms with Crippen LogP contribution in [0.25, 0.3) is 0 Å². The monoisotopic (exact) mass is 208 g/mol. The molecule has 0 aromatic heterocycles. The van der Waals surface area contributed by atoms with E-state index in [2.05, 4.69) is 24.3 Å². The van der Waals surface area contributed by atoms with E-state index in [4.69, 9.17) is 0 Å². The van der Waals surface area contributed by atoms with Gasteiger partial charge in [0.1, 0.15) is 5.82 Å². The molecule has 0 aliphatic carbocycles. The molecule has 0 bridgehead atoms. The van der Waals surface area contributed by atoms with Gasteiger partial charge in [0.25, 0.3) is 0 Å². The largest absolute Gasteiger partial charge is 0.384 e. The highest BCUT2D eigenvalue weighted by Gasteiger charge is 2.22. The van der Waals surface area contributed by atoms with Gasteiger partial charge in [-0.25, -0.2) is 4.39 Å². The Labute approximate surface area is 90.1 Å². The molecule has 1 aliphatic heterocycles. The van der Waals surface area contributed by atoms with Crippen molar-refractivity contribution in [3.05, 3.63) is 29.6 Å². The van der Waals surface area contributed by atoms with Crippen LogP contribution in [0.3, 0.4) is 0 Å². The summed E-state index contributed by atoms with van der Waals surface area (Å²) in [7, 11) is 4.13. The van der Waals surface area contributed by atoms with Gasteiger partial charge < -0.3 is 10.2 Å². The Morgan fingerprint density at radius 2 is 2.27 bits per heavy atom. The molecule has 15 heavy (non-hydrogen) atoms. The molecule has 2 rings (SSSR count). The van der Waals surface area contributed by atoms with Crippen molar-refractivity contribution in [1.82, 2.24) is 4.90 Å². The minimum Gasteiger partial charge on any atom is -0.384 e. The summed E-state index contributed by atoms with van der Waals surface area (Å²) in [6.07, 6.45) is 1.08. The number of fused-ring (bicyclic) bond motifs is 1. The molecule has 1 heterocycles. The minimum atomic E-state index is -0.132. The van der Waals surface area contributed by atoms with Crippen molar-refractivity contribution in [3.8, 4) is 0 Å². The molecule has 0 radical (unpaired) electrons. The lowest BCUT2D eigenvalue weighted by Gasteiger charge is -2.14. The second-order valence-electron chi connectivity index (χ2n) is 4.40. The van der Waals surface area contributed by atoms with E-state index in [9.17, 15) is 4.39 Å². The third kappa shape index (κ3) is 2.29. The van der Waals surface area contributed by atoms with Gasteiger partial charge in [-0.2, -0.15) is 0 Å². The summed E-state index contributed by atoms with van der Waals surface area (Å²) >= 11 is 0.